The number of hydrogen-bond donors (Lipinski definition) is 1. The lowest BCUT2D eigenvalue weighted by atomic mass is 9.94. The third-order valence-corrected chi connectivity index (χ3v) is 3.49. The average Bonchev–Trinajstić information content (AvgIpc) is 2.46. The molecule has 1 aliphatic carbocycles. The molecular formula is C13H22N4O. The van der Waals surface area contributed by atoms with Gasteiger partial charge in [-0.2, -0.15) is 4.98 Å². The van der Waals surface area contributed by atoms with E-state index in [1.54, 1.807) is 19.5 Å². The van der Waals surface area contributed by atoms with E-state index in [1.165, 1.54) is 32.1 Å². The second kappa shape index (κ2) is 6.54. The monoisotopic (exact) mass is 250 g/mol. The maximum atomic E-state index is 5.72. The molecule has 0 saturated heterocycles. The van der Waals surface area contributed by atoms with Crippen molar-refractivity contribution in [3.63, 3.8) is 0 Å². The first kappa shape index (κ1) is 13.1. The number of nitrogens with zero attached hydrogens (tertiary/aromatic N) is 3. The Hall–Kier alpha value is -1.36. The normalized spacial score (nSPS) is 16.6. The summed E-state index contributed by atoms with van der Waals surface area (Å²) in [6.45, 7) is 1.46. The van der Waals surface area contributed by atoms with E-state index in [9.17, 15) is 0 Å². The molecule has 0 spiro atoms. The highest BCUT2D eigenvalue weighted by molar-refractivity contribution is 5.39. The Morgan fingerprint density at radius 3 is 2.78 bits per heavy atom. The lowest BCUT2D eigenvalue weighted by molar-refractivity contribution is 0.390. The minimum Gasteiger partial charge on any atom is -0.480 e. The lowest BCUT2D eigenvalue weighted by Gasteiger charge is -2.34. The molecule has 5 heteroatoms. The number of hydrogen-bond acceptors (Lipinski definition) is 5. The highest BCUT2D eigenvalue weighted by Crippen LogP contribution is 2.26. The SMILES string of the molecule is COc1cncc(N(CCN)C2CCCCC2)n1. The van der Waals surface area contributed by atoms with Crippen molar-refractivity contribution < 1.29 is 4.74 Å². The van der Waals surface area contributed by atoms with Crippen molar-refractivity contribution in [3.05, 3.63) is 12.4 Å². The number of nitrogens with two attached hydrogens (primary N) is 1. The highest BCUT2D eigenvalue weighted by atomic mass is 16.5. The van der Waals surface area contributed by atoms with Gasteiger partial charge in [0.05, 0.1) is 19.5 Å². The Labute approximate surface area is 108 Å². The van der Waals surface area contributed by atoms with Crippen LogP contribution < -0.4 is 15.4 Å². The van der Waals surface area contributed by atoms with Gasteiger partial charge in [0, 0.05) is 19.1 Å². The molecule has 0 amide bonds. The first-order valence-corrected chi connectivity index (χ1v) is 6.68. The van der Waals surface area contributed by atoms with Crippen LogP contribution in [0.1, 0.15) is 32.1 Å². The molecule has 0 unspecified atom stereocenters. The standard InChI is InChI=1S/C13H22N4O/c1-18-13-10-15-9-12(16-13)17(8-7-14)11-5-3-2-4-6-11/h9-11H,2-8,14H2,1H3. The molecule has 5 nitrogen and oxygen atoms in total. The minimum atomic E-state index is 0.545. The molecule has 1 aliphatic rings. The molecule has 2 rings (SSSR count). The van der Waals surface area contributed by atoms with Gasteiger partial charge in [-0.25, -0.2) is 0 Å². The molecule has 1 aromatic rings. The van der Waals surface area contributed by atoms with Crippen LogP contribution in [0.25, 0.3) is 0 Å². The fraction of sp³-hybridized carbons (Fsp3) is 0.692. The van der Waals surface area contributed by atoms with Gasteiger partial charge in [-0.05, 0) is 12.8 Å². The number of anilines is 1. The summed E-state index contributed by atoms with van der Waals surface area (Å²) in [6.07, 6.45) is 9.80. The zero-order valence-corrected chi connectivity index (χ0v) is 11.0. The Kier molecular flexibility index (Phi) is 4.75. The van der Waals surface area contributed by atoms with Crippen molar-refractivity contribution >= 4 is 5.82 Å². The van der Waals surface area contributed by atoms with Crippen LogP contribution in [0.4, 0.5) is 5.82 Å². The highest BCUT2D eigenvalue weighted by Gasteiger charge is 2.22. The van der Waals surface area contributed by atoms with Gasteiger partial charge >= 0.3 is 0 Å². The fourth-order valence-electron chi connectivity index (χ4n) is 2.59. The van der Waals surface area contributed by atoms with E-state index in [4.69, 9.17) is 10.5 Å². The molecule has 1 saturated carbocycles. The van der Waals surface area contributed by atoms with E-state index in [0.29, 0.717) is 18.5 Å². The van der Waals surface area contributed by atoms with E-state index in [1.807, 2.05) is 0 Å². The van der Waals surface area contributed by atoms with Crippen LogP contribution >= 0.6 is 0 Å². The Balaban J connectivity index is 2.16. The molecule has 0 atom stereocenters. The van der Waals surface area contributed by atoms with E-state index in [0.717, 1.165) is 12.4 Å². The van der Waals surface area contributed by atoms with Gasteiger partial charge in [-0.15, -0.1) is 0 Å². The Morgan fingerprint density at radius 2 is 2.11 bits per heavy atom. The molecule has 18 heavy (non-hydrogen) atoms. The summed E-state index contributed by atoms with van der Waals surface area (Å²) in [5.41, 5.74) is 5.72. The van der Waals surface area contributed by atoms with Crippen LogP contribution in [0.15, 0.2) is 12.4 Å². The zero-order chi connectivity index (χ0) is 12.8. The Morgan fingerprint density at radius 1 is 1.33 bits per heavy atom. The van der Waals surface area contributed by atoms with Gasteiger partial charge in [0.2, 0.25) is 5.88 Å². The predicted octanol–water partition coefficient (Wildman–Crippen LogP) is 1.58. The summed E-state index contributed by atoms with van der Waals surface area (Å²) >= 11 is 0. The number of aromatic nitrogens is 2. The second-order valence-corrected chi connectivity index (χ2v) is 4.69. The quantitative estimate of drug-likeness (QED) is 0.859. The molecule has 1 fully saturated rings. The van der Waals surface area contributed by atoms with Crippen LogP contribution in [0.2, 0.25) is 0 Å². The van der Waals surface area contributed by atoms with Crippen molar-refractivity contribution in [2.24, 2.45) is 5.73 Å². The van der Waals surface area contributed by atoms with Gasteiger partial charge < -0.3 is 15.4 Å². The maximum Gasteiger partial charge on any atom is 0.233 e. The first-order valence-electron chi connectivity index (χ1n) is 6.68. The van der Waals surface area contributed by atoms with Crippen LogP contribution in [-0.2, 0) is 0 Å². The van der Waals surface area contributed by atoms with Crippen LogP contribution in [0.5, 0.6) is 5.88 Å². The summed E-state index contributed by atoms with van der Waals surface area (Å²) < 4.78 is 5.14. The van der Waals surface area contributed by atoms with E-state index < -0.39 is 0 Å². The lowest BCUT2D eigenvalue weighted by Crippen LogP contribution is -2.40. The van der Waals surface area contributed by atoms with Crippen molar-refractivity contribution in [1.82, 2.24) is 9.97 Å². The van der Waals surface area contributed by atoms with Crippen LogP contribution in [0, 0.1) is 0 Å². The summed E-state index contributed by atoms with van der Waals surface area (Å²) in [5.74, 6) is 1.44. The molecule has 0 aliphatic heterocycles. The molecular weight excluding hydrogens is 228 g/mol. The van der Waals surface area contributed by atoms with E-state index in [-0.39, 0.29) is 0 Å². The zero-order valence-electron chi connectivity index (χ0n) is 11.0. The fourth-order valence-corrected chi connectivity index (χ4v) is 2.59. The van der Waals surface area contributed by atoms with Crippen molar-refractivity contribution in [1.29, 1.82) is 0 Å². The molecule has 0 aromatic carbocycles. The number of ether oxygens (including phenoxy) is 1. The van der Waals surface area contributed by atoms with Crippen molar-refractivity contribution in [2.75, 3.05) is 25.1 Å². The van der Waals surface area contributed by atoms with Crippen molar-refractivity contribution in [2.45, 2.75) is 38.1 Å². The van der Waals surface area contributed by atoms with Gasteiger partial charge in [0.1, 0.15) is 0 Å². The third-order valence-electron chi connectivity index (χ3n) is 3.49. The number of methoxy groups -OCH3 is 1. The first-order chi connectivity index (χ1) is 8.85. The van der Waals surface area contributed by atoms with E-state index >= 15 is 0 Å². The van der Waals surface area contributed by atoms with Gasteiger partial charge in [0.25, 0.3) is 0 Å². The summed E-state index contributed by atoms with van der Waals surface area (Å²) in [7, 11) is 1.61. The summed E-state index contributed by atoms with van der Waals surface area (Å²) in [4.78, 5) is 10.9. The molecule has 0 radical (unpaired) electrons. The summed E-state index contributed by atoms with van der Waals surface area (Å²) in [6, 6.07) is 0.545. The molecule has 1 aromatic heterocycles. The minimum absolute atomic E-state index is 0.545. The van der Waals surface area contributed by atoms with E-state index in [2.05, 4.69) is 14.9 Å². The number of rotatable bonds is 5. The average molecular weight is 250 g/mol. The van der Waals surface area contributed by atoms with Crippen LogP contribution in [-0.4, -0.2) is 36.2 Å². The van der Waals surface area contributed by atoms with Gasteiger partial charge in [-0.3, -0.25) is 4.98 Å². The maximum absolute atomic E-state index is 5.72. The van der Waals surface area contributed by atoms with Crippen LogP contribution in [0.3, 0.4) is 0 Å². The van der Waals surface area contributed by atoms with Gasteiger partial charge in [0.15, 0.2) is 5.82 Å². The molecule has 0 bridgehead atoms. The topological polar surface area (TPSA) is 64.3 Å². The third kappa shape index (κ3) is 3.10. The molecule has 2 N–H and O–H groups in total. The predicted molar refractivity (Wildman–Crippen MR) is 71.9 cm³/mol. The van der Waals surface area contributed by atoms with Gasteiger partial charge in [-0.1, -0.05) is 19.3 Å². The largest absolute Gasteiger partial charge is 0.480 e. The molecule has 100 valence electrons. The Bertz CT molecular complexity index is 366. The smallest absolute Gasteiger partial charge is 0.233 e. The summed E-state index contributed by atoms with van der Waals surface area (Å²) in [5, 5.41) is 0. The molecule has 1 heterocycles. The van der Waals surface area contributed by atoms with Crippen molar-refractivity contribution in [3.8, 4) is 5.88 Å². The second-order valence-electron chi connectivity index (χ2n) is 4.69.